The SMILES string of the molecule is CC(C)c1cc(C(C)C)c(C2=CC3COCC(C2)N3C(=O)OC(C)(C)C)c(C(C)C)c1. The minimum atomic E-state index is -0.501. The molecule has 2 unspecified atom stereocenters. The Morgan fingerprint density at radius 2 is 1.58 bits per heavy atom. The summed E-state index contributed by atoms with van der Waals surface area (Å²) >= 11 is 0. The molecule has 0 aromatic heterocycles. The number of benzene rings is 1. The highest BCUT2D eigenvalue weighted by Crippen LogP contribution is 2.41. The molecule has 1 aromatic rings. The normalized spacial score (nSPS) is 21.7. The second-order valence-corrected chi connectivity index (χ2v) is 11.1. The van der Waals surface area contributed by atoms with Crippen molar-refractivity contribution in [1.82, 2.24) is 4.90 Å². The van der Waals surface area contributed by atoms with Gasteiger partial charge < -0.3 is 9.47 Å². The summed E-state index contributed by atoms with van der Waals surface area (Å²) in [7, 11) is 0. The smallest absolute Gasteiger partial charge is 0.411 e. The molecule has 1 aromatic carbocycles. The van der Waals surface area contributed by atoms with E-state index in [-0.39, 0.29) is 18.2 Å². The predicted octanol–water partition coefficient (Wildman–Crippen LogP) is 6.85. The van der Waals surface area contributed by atoms with E-state index in [1.807, 2.05) is 25.7 Å². The van der Waals surface area contributed by atoms with Gasteiger partial charge in [0.15, 0.2) is 0 Å². The van der Waals surface area contributed by atoms with Crippen molar-refractivity contribution in [2.45, 2.75) is 104 Å². The van der Waals surface area contributed by atoms with Crippen molar-refractivity contribution in [2.24, 2.45) is 0 Å². The molecule has 2 atom stereocenters. The van der Waals surface area contributed by atoms with Crippen molar-refractivity contribution in [3.63, 3.8) is 0 Å². The van der Waals surface area contributed by atoms with Gasteiger partial charge in [-0.25, -0.2) is 4.79 Å². The number of nitrogens with zero attached hydrogens (tertiary/aromatic N) is 1. The number of hydrogen-bond acceptors (Lipinski definition) is 3. The first kappa shape index (κ1) is 23.8. The van der Waals surface area contributed by atoms with E-state index in [1.165, 1.54) is 27.8 Å². The molecular formula is C27H41NO3. The lowest BCUT2D eigenvalue weighted by molar-refractivity contribution is -0.0510. The van der Waals surface area contributed by atoms with E-state index in [0.717, 1.165) is 6.42 Å². The zero-order valence-corrected chi connectivity index (χ0v) is 20.9. The van der Waals surface area contributed by atoms with Gasteiger partial charge >= 0.3 is 6.09 Å². The Labute approximate surface area is 189 Å². The summed E-state index contributed by atoms with van der Waals surface area (Å²) < 4.78 is 11.6. The van der Waals surface area contributed by atoms with Crippen LogP contribution in [0.1, 0.15) is 109 Å². The minimum Gasteiger partial charge on any atom is -0.444 e. The average Bonchev–Trinajstić information content (AvgIpc) is 2.64. The highest BCUT2D eigenvalue weighted by molar-refractivity contribution is 5.78. The number of morpholine rings is 1. The highest BCUT2D eigenvalue weighted by atomic mass is 16.6. The van der Waals surface area contributed by atoms with Gasteiger partial charge in [0.2, 0.25) is 0 Å². The van der Waals surface area contributed by atoms with Gasteiger partial charge in [0, 0.05) is 0 Å². The van der Waals surface area contributed by atoms with Crippen LogP contribution in [0.15, 0.2) is 18.2 Å². The van der Waals surface area contributed by atoms with Gasteiger partial charge in [-0.3, -0.25) is 4.90 Å². The van der Waals surface area contributed by atoms with Gasteiger partial charge in [-0.1, -0.05) is 59.8 Å². The second kappa shape index (κ2) is 8.97. The standard InChI is InChI=1S/C27H41NO3/c1-16(2)19-12-23(17(3)4)25(24(13-19)18(5)6)20-10-21-14-30-15-22(11-20)28(21)26(29)31-27(7,8)9/h10,12-13,16-18,21-22H,11,14-15H2,1-9H3. The first-order chi connectivity index (χ1) is 14.4. The lowest BCUT2D eigenvalue weighted by Gasteiger charge is -2.45. The number of hydrogen-bond donors (Lipinski definition) is 0. The fourth-order valence-corrected chi connectivity index (χ4v) is 4.71. The van der Waals surface area contributed by atoms with Crippen LogP contribution in [-0.2, 0) is 9.47 Å². The van der Waals surface area contributed by atoms with Crippen LogP contribution in [0.3, 0.4) is 0 Å². The van der Waals surface area contributed by atoms with Gasteiger partial charge in [0.25, 0.3) is 0 Å². The van der Waals surface area contributed by atoms with Crippen LogP contribution in [0.4, 0.5) is 4.79 Å². The van der Waals surface area contributed by atoms with Crippen molar-refractivity contribution >= 4 is 11.7 Å². The first-order valence-electron chi connectivity index (χ1n) is 11.9. The molecule has 0 saturated carbocycles. The first-order valence-corrected chi connectivity index (χ1v) is 11.9. The largest absolute Gasteiger partial charge is 0.444 e. The van der Waals surface area contributed by atoms with Gasteiger partial charge in [0.05, 0.1) is 25.3 Å². The number of fused-ring (bicyclic) bond motifs is 2. The van der Waals surface area contributed by atoms with E-state index < -0.39 is 5.60 Å². The fraction of sp³-hybridized carbons (Fsp3) is 0.667. The molecule has 172 valence electrons. The molecule has 0 aliphatic carbocycles. The van der Waals surface area contributed by atoms with Crippen LogP contribution in [0.2, 0.25) is 0 Å². The molecule has 31 heavy (non-hydrogen) atoms. The summed E-state index contributed by atoms with van der Waals surface area (Å²) in [4.78, 5) is 14.9. The highest BCUT2D eigenvalue weighted by Gasteiger charge is 2.41. The fourth-order valence-electron chi connectivity index (χ4n) is 4.71. The zero-order chi connectivity index (χ0) is 23.1. The predicted molar refractivity (Wildman–Crippen MR) is 128 cm³/mol. The quantitative estimate of drug-likeness (QED) is 0.527. The summed E-state index contributed by atoms with van der Waals surface area (Å²) in [6.45, 7) is 20.5. The van der Waals surface area contributed by atoms with Crippen LogP contribution in [-0.4, -0.2) is 41.9 Å². The molecule has 0 spiro atoms. The summed E-state index contributed by atoms with van der Waals surface area (Å²) in [6.07, 6.45) is 2.84. The Bertz CT molecular complexity index is 816. The Morgan fingerprint density at radius 3 is 2.03 bits per heavy atom. The summed E-state index contributed by atoms with van der Waals surface area (Å²) in [5.41, 5.74) is 6.51. The summed E-state index contributed by atoms with van der Waals surface area (Å²) in [6, 6.07) is 4.74. The summed E-state index contributed by atoms with van der Waals surface area (Å²) in [5, 5.41) is 0. The van der Waals surface area contributed by atoms with Crippen LogP contribution in [0.25, 0.3) is 5.57 Å². The lowest BCUT2D eigenvalue weighted by Crippen LogP contribution is -2.57. The van der Waals surface area contributed by atoms with Gasteiger partial charge in [-0.15, -0.1) is 0 Å². The van der Waals surface area contributed by atoms with E-state index in [0.29, 0.717) is 31.0 Å². The molecule has 2 aliphatic heterocycles. The van der Waals surface area contributed by atoms with Gasteiger partial charge in [-0.2, -0.15) is 0 Å². The van der Waals surface area contributed by atoms with Crippen molar-refractivity contribution in [1.29, 1.82) is 0 Å². The van der Waals surface area contributed by atoms with Crippen molar-refractivity contribution < 1.29 is 14.3 Å². The maximum atomic E-state index is 13.0. The Hall–Kier alpha value is -1.81. The number of carbonyl (C=O) groups excluding carboxylic acids is 1. The molecule has 4 nitrogen and oxygen atoms in total. The Morgan fingerprint density at radius 1 is 1.00 bits per heavy atom. The third-order valence-corrected chi connectivity index (χ3v) is 6.26. The second-order valence-electron chi connectivity index (χ2n) is 11.1. The van der Waals surface area contributed by atoms with Crippen LogP contribution >= 0.6 is 0 Å². The number of amides is 1. The van der Waals surface area contributed by atoms with Crippen LogP contribution in [0.5, 0.6) is 0 Å². The van der Waals surface area contributed by atoms with Crippen molar-refractivity contribution in [3.05, 3.63) is 40.5 Å². The van der Waals surface area contributed by atoms with Crippen molar-refractivity contribution in [3.8, 4) is 0 Å². The third kappa shape index (κ3) is 5.16. The number of rotatable bonds is 4. The lowest BCUT2D eigenvalue weighted by atomic mass is 9.78. The van der Waals surface area contributed by atoms with E-state index in [1.54, 1.807) is 0 Å². The molecule has 1 saturated heterocycles. The topological polar surface area (TPSA) is 38.8 Å². The molecule has 1 fully saturated rings. The van der Waals surface area contributed by atoms with E-state index in [9.17, 15) is 4.79 Å². The van der Waals surface area contributed by atoms with Crippen molar-refractivity contribution in [2.75, 3.05) is 13.2 Å². The maximum Gasteiger partial charge on any atom is 0.411 e. The zero-order valence-electron chi connectivity index (χ0n) is 20.9. The molecule has 0 radical (unpaired) electrons. The molecule has 3 rings (SSSR count). The van der Waals surface area contributed by atoms with E-state index in [2.05, 4.69) is 59.8 Å². The molecule has 2 aliphatic rings. The Kier molecular flexibility index (Phi) is 6.90. The van der Waals surface area contributed by atoms with E-state index in [4.69, 9.17) is 9.47 Å². The minimum absolute atomic E-state index is 0.0124. The number of ether oxygens (including phenoxy) is 2. The van der Waals surface area contributed by atoms with E-state index >= 15 is 0 Å². The molecular weight excluding hydrogens is 386 g/mol. The van der Waals surface area contributed by atoms with Crippen LogP contribution < -0.4 is 0 Å². The number of carbonyl (C=O) groups is 1. The third-order valence-electron chi connectivity index (χ3n) is 6.26. The van der Waals surface area contributed by atoms with Gasteiger partial charge in [-0.05, 0) is 72.8 Å². The van der Waals surface area contributed by atoms with Crippen LogP contribution in [0, 0.1) is 0 Å². The monoisotopic (exact) mass is 427 g/mol. The average molecular weight is 428 g/mol. The Balaban J connectivity index is 2.08. The molecule has 4 heteroatoms. The summed E-state index contributed by atoms with van der Waals surface area (Å²) in [5.74, 6) is 1.37. The van der Waals surface area contributed by atoms with Gasteiger partial charge in [0.1, 0.15) is 5.60 Å². The molecule has 1 amide bonds. The molecule has 2 bridgehead atoms. The maximum absolute atomic E-state index is 13.0. The molecule has 0 N–H and O–H groups in total. The molecule has 2 heterocycles.